The molecule has 3 aromatic rings. The number of hydrogen-bond donors (Lipinski definition) is 3. The highest BCUT2D eigenvalue weighted by Crippen LogP contribution is 2.24. The normalized spacial score (nSPS) is 12.1. The minimum absolute atomic E-state index is 0.181. The Balaban J connectivity index is 1.76. The molecule has 0 unspecified atom stereocenters. The van der Waals surface area contributed by atoms with Crippen LogP contribution in [0.4, 0.5) is 11.4 Å². The third-order valence-corrected chi connectivity index (χ3v) is 6.18. The average molecular weight is 416 g/mol. The number of carbonyl (C=O) groups excluding carboxylic acids is 1. The molecule has 1 aromatic heterocycles. The van der Waals surface area contributed by atoms with Crippen LogP contribution in [0.25, 0.3) is 10.9 Å². The van der Waals surface area contributed by atoms with E-state index in [9.17, 15) is 18.3 Å². The molecule has 154 valence electrons. The van der Waals surface area contributed by atoms with E-state index in [0.29, 0.717) is 11.4 Å². The van der Waals surface area contributed by atoms with Crippen LogP contribution >= 0.6 is 0 Å². The van der Waals surface area contributed by atoms with Crippen molar-refractivity contribution in [2.75, 3.05) is 16.6 Å². The van der Waals surface area contributed by atoms with Gasteiger partial charge in [0.05, 0.1) is 16.9 Å². The van der Waals surface area contributed by atoms with Crippen molar-refractivity contribution in [2.45, 2.75) is 32.2 Å². The Labute approximate surface area is 170 Å². The summed E-state index contributed by atoms with van der Waals surface area (Å²) in [6.45, 7) is 5.84. The standard InChI is InChI=1S/C21H25N3O4S/c1-4-24-12-11-15-13-18(9-10-19(15)24)29(27,28)23-17-7-5-16(6-8-17)22-20(26)21(2,3)14-25/h5-13,23,25H,4,14H2,1-3H3,(H,22,26). The fourth-order valence-corrected chi connectivity index (χ4v) is 3.92. The zero-order chi connectivity index (χ0) is 21.2. The third kappa shape index (κ3) is 4.44. The van der Waals surface area contributed by atoms with Gasteiger partial charge >= 0.3 is 0 Å². The van der Waals surface area contributed by atoms with E-state index in [4.69, 9.17) is 0 Å². The molecule has 0 aliphatic carbocycles. The monoisotopic (exact) mass is 415 g/mol. The molecule has 0 fully saturated rings. The second-order valence-corrected chi connectivity index (χ2v) is 9.18. The van der Waals surface area contributed by atoms with Crippen LogP contribution in [0.5, 0.6) is 0 Å². The SMILES string of the molecule is CCn1ccc2cc(S(=O)(=O)Nc3ccc(NC(=O)C(C)(C)CO)cc3)ccc21. The Kier molecular flexibility index (Phi) is 5.68. The number of aryl methyl sites for hydroxylation is 1. The van der Waals surface area contributed by atoms with Gasteiger partial charge in [0.15, 0.2) is 0 Å². The second kappa shape index (κ2) is 7.88. The summed E-state index contributed by atoms with van der Waals surface area (Å²) in [5.41, 5.74) is 0.977. The minimum Gasteiger partial charge on any atom is -0.395 e. The molecule has 7 nitrogen and oxygen atoms in total. The molecule has 1 amide bonds. The van der Waals surface area contributed by atoms with Crippen LogP contribution in [-0.4, -0.2) is 30.6 Å². The van der Waals surface area contributed by atoms with Crippen molar-refractivity contribution in [2.24, 2.45) is 5.41 Å². The van der Waals surface area contributed by atoms with Crippen molar-refractivity contribution < 1.29 is 18.3 Å². The molecule has 0 saturated heterocycles. The summed E-state index contributed by atoms with van der Waals surface area (Å²) in [6, 6.07) is 13.3. The molecule has 0 spiro atoms. The van der Waals surface area contributed by atoms with Crippen LogP contribution in [-0.2, 0) is 21.4 Å². The first-order valence-electron chi connectivity index (χ1n) is 9.30. The zero-order valence-corrected chi connectivity index (χ0v) is 17.5. The maximum absolute atomic E-state index is 12.7. The second-order valence-electron chi connectivity index (χ2n) is 7.50. The van der Waals surface area contributed by atoms with Crippen molar-refractivity contribution >= 4 is 38.2 Å². The number of carbonyl (C=O) groups is 1. The summed E-state index contributed by atoms with van der Waals surface area (Å²) in [6.07, 6.45) is 1.93. The fraction of sp³-hybridized carbons (Fsp3) is 0.286. The van der Waals surface area contributed by atoms with E-state index in [1.54, 1.807) is 56.3 Å². The number of sulfonamides is 1. The van der Waals surface area contributed by atoms with E-state index in [1.165, 1.54) is 0 Å². The van der Waals surface area contributed by atoms with E-state index in [2.05, 4.69) is 10.0 Å². The number of anilines is 2. The molecule has 0 radical (unpaired) electrons. The van der Waals surface area contributed by atoms with Gasteiger partial charge in [0.2, 0.25) is 5.91 Å². The van der Waals surface area contributed by atoms with Crippen LogP contribution in [0.3, 0.4) is 0 Å². The zero-order valence-electron chi connectivity index (χ0n) is 16.6. The summed E-state index contributed by atoms with van der Waals surface area (Å²) < 4.78 is 30.1. The van der Waals surface area contributed by atoms with Crippen molar-refractivity contribution in [1.82, 2.24) is 4.57 Å². The van der Waals surface area contributed by atoms with Gasteiger partial charge in [-0.15, -0.1) is 0 Å². The molecule has 0 saturated carbocycles. The lowest BCUT2D eigenvalue weighted by Crippen LogP contribution is -2.33. The van der Waals surface area contributed by atoms with Crippen LogP contribution in [0, 0.1) is 5.41 Å². The number of nitrogens with one attached hydrogen (secondary N) is 2. The van der Waals surface area contributed by atoms with E-state index >= 15 is 0 Å². The van der Waals surface area contributed by atoms with Gasteiger partial charge in [-0.05, 0) is 69.3 Å². The molecule has 0 aliphatic rings. The Hall–Kier alpha value is -2.84. The van der Waals surface area contributed by atoms with Crippen molar-refractivity contribution in [3.63, 3.8) is 0 Å². The number of aliphatic hydroxyl groups excluding tert-OH is 1. The van der Waals surface area contributed by atoms with Gasteiger partial charge in [-0.2, -0.15) is 0 Å². The van der Waals surface area contributed by atoms with E-state index < -0.39 is 15.4 Å². The van der Waals surface area contributed by atoms with Gasteiger partial charge in [0, 0.05) is 35.0 Å². The first-order valence-corrected chi connectivity index (χ1v) is 10.8. The molecule has 8 heteroatoms. The summed E-state index contributed by atoms with van der Waals surface area (Å²) in [7, 11) is -3.75. The Morgan fingerprint density at radius 1 is 1.07 bits per heavy atom. The molecule has 2 aromatic carbocycles. The van der Waals surface area contributed by atoms with E-state index in [0.717, 1.165) is 17.4 Å². The number of aromatic nitrogens is 1. The molecule has 3 N–H and O–H groups in total. The molecular formula is C21H25N3O4S. The van der Waals surface area contributed by atoms with Gasteiger partial charge < -0.3 is 15.0 Å². The predicted molar refractivity (Wildman–Crippen MR) is 114 cm³/mol. The van der Waals surface area contributed by atoms with Crippen molar-refractivity contribution in [1.29, 1.82) is 0 Å². The van der Waals surface area contributed by atoms with Gasteiger partial charge in [0.25, 0.3) is 10.0 Å². The third-order valence-electron chi connectivity index (χ3n) is 4.80. The number of nitrogens with zero attached hydrogens (tertiary/aromatic N) is 1. The average Bonchev–Trinajstić information content (AvgIpc) is 3.11. The summed E-state index contributed by atoms with van der Waals surface area (Å²) in [5, 5.41) is 12.8. The molecule has 0 atom stereocenters. The smallest absolute Gasteiger partial charge is 0.261 e. The number of hydrogen-bond acceptors (Lipinski definition) is 4. The lowest BCUT2D eigenvalue weighted by molar-refractivity contribution is -0.125. The summed E-state index contributed by atoms with van der Waals surface area (Å²) in [5.74, 6) is -0.319. The molecule has 29 heavy (non-hydrogen) atoms. The minimum atomic E-state index is -3.75. The number of aliphatic hydroxyl groups is 1. The van der Waals surface area contributed by atoms with Gasteiger partial charge in [-0.25, -0.2) is 8.42 Å². The maximum Gasteiger partial charge on any atom is 0.261 e. The summed E-state index contributed by atoms with van der Waals surface area (Å²) >= 11 is 0. The molecule has 0 aliphatic heterocycles. The highest BCUT2D eigenvalue weighted by atomic mass is 32.2. The summed E-state index contributed by atoms with van der Waals surface area (Å²) in [4.78, 5) is 12.3. The van der Waals surface area contributed by atoms with E-state index in [1.807, 2.05) is 23.8 Å². The number of benzene rings is 2. The van der Waals surface area contributed by atoms with Crippen LogP contribution in [0.2, 0.25) is 0 Å². The Bertz CT molecular complexity index is 1130. The molecule has 3 rings (SSSR count). The van der Waals surface area contributed by atoms with Crippen molar-refractivity contribution in [3.8, 4) is 0 Å². The maximum atomic E-state index is 12.7. The fourth-order valence-electron chi connectivity index (χ4n) is 2.83. The molecule has 1 heterocycles. The van der Waals surface area contributed by atoms with Crippen LogP contribution < -0.4 is 10.0 Å². The molecule has 0 bridgehead atoms. The first-order chi connectivity index (χ1) is 13.7. The van der Waals surface area contributed by atoms with E-state index in [-0.39, 0.29) is 17.4 Å². The van der Waals surface area contributed by atoms with Gasteiger partial charge in [0.1, 0.15) is 0 Å². The van der Waals surface area contributed by atoms with Crippen LogP contribution in [0.1, 0.15) is 20.8 Å². The predicted octanol–water partition coefficient (Wildman–Crippen LogP) is 3.42. The largest absolute Gasteiger partial charge is 0.395 e. The lowest BCUT2D eigenvalue weighted by Gasteiger charge is -2.20. The van der Waals surface area contributed by atoms with Crippen molar-refractivity contribution in [3.05, 3.63) is 54.7 Å². The topological polar surface area (TPSA) is 100 Å². The highest BCUT2D eigenvalue weighted by Gasteiger charge is 2.26. The quantitative estimate of drug-likeness (QED) is 0.550. The Morgan fingerprint density at radius 3 is 2.34 bits per heavy atom. The number of rotatable bonds is 7. The Morgan fingerprint density at radius 2 is 1.72 bits per heavy atom. The van der Waals surface area contributed by atoms with Gasteiger partial charge in [-0.3, -0.25) is 9.52 Å². The number of fused-ring (bicyclic) bond motifs is 1. The highest BCUT2D eigenvalue weighted by molar-refractivity contribution is 7.92. The molecular weight excluding hydrogens is 390 g/mol. The lowest BCUT2D eigenvalue weighted by atomic mass is 9.93. The van der Waals surface area contributed by atoms with Crippen LogP contribution in [0.15, 0.2) is 59.6 Å². The van der Waals surface area contributed by atoms with Gasteiger partial charge in [-0.1, -0.05) is 0 Å². The number of amides is 1. The first kappa shape index (κ1) is 20.9.